The molecule has 0 aromatic heterocycles. The molecular formula is C18H18F2IN5. The zero-order valence-electron chi connectivity index (χ0n) is 14.1. The second-order valence-corrected chi connectivity index (χ2v) is 7.15. The molecule has 0 amide bonds. The molecule has 2 aliphatic heterocycles. The van der Waals surface area contributed by atoms with Gasteiger partial charge in [-0.15, -0.1) is 0 Å². The van der Waals surface area contributed by atoms with Crippen LogP contribution in [0.2, 0.25) is 0 Å². The normalized spacial score (nSPS) is 19.1. The lowest BCUT2D eigenvalue weighted by Crippen LogP contribution is -2.39. The Morgan fingerprint density at radius 3 is 2.77 bits per heavy atom. The van der Waals surface area contributed by atoms with Crippen LogP contribution in [-0.2, 0) is 6.54 Å². The minimum absolute atomic E-state index is 0.111. The van der Waals surface area contributed by atoms with Gasteiger partial charge in [0.05, 0.1) is 26.7 Å². The highest BCUT2D eigenvalue weighted by molar-refractivity contribution is 14.1. The van der Waals surface area contributed by atoms with Crippen molar-refractivity contribution in [3.8, 4) is 0 Å². The van der Waals surface area contributed by atoms with Crippen LogP contribution in [0, 0.1) is 11.6 Å². The van der Waals surface area contributed by atoms with Crippen molar-refractivity contribution in [1.29, 1.82) is 0 Å². The Morgan fingerprint density at radius 1 is 1.38 bits per heavy atom. The number of nitrogens with two attached hydrogens (primary N) is 1. The van der Waals surface area contributed by atoms with Crippen molar-refractivity contribution in [3.05, 3.63) is 81.1 Å². The molecule has 2 heterocycles. The highest BCUT2D eigenvalue weighted by atomic mass is 127. The van der Waals surface area contributed by atoms with Gasteiger partial charge in [0.2, 0.25) is 0 Å². The first kappa shape index (κ1) is 18.6. The zero-order valence-corrected chi connectivity index (χ0v) is 16.3. The lowest BCUT2D eigenvalue weighted by molar-refractivity contribution is 0.325. The Labute approximate surface area is 164 Å². The molecule has 2 aliphatic rings. The first-order valence-electron chi connectivity index (χ1n) is 7.86. The molecule has 0 fully saturated rings. The molecule has 1 aromatic rings. The molecule has 0 saturated heterocycles. The fourth-order valence-corrected chi connectivity index (χ4v) is 3.08. The summed E-state index contributed by atoms with van der Waals surface area (Å²) in [5.74, 6) is -1.01. The highest BCUT2D eigenvalue weighted by Crippen LogP contribution is 2.34. The summed E-state index contributed by atoms with van der Waals surface area (Å²) in [6, 6.07) is 3.87. The molecule has 0 saturated carbocycles. The number of halogens is 3. The van der Waals surface area contributed by atoms with E-state index in [4.69, 9.17) is 5.73 Å². The van der Waals surface area contributed by atoms with Crippen molar-refractivity contribution in [3.63, 3.8) is 0 Å². The summed E-state index contributed by atoms with van der Waals surface area (Å²) < 4.78 is 27.4. The number of hydrogen-bond donors (Lipinski definition) is 3. The molecule has 1 aromatic carbocycles. The summed E-state index contributed by atoms with van der Waals surface area (Å²) in [4.78, 5) is 4.63. The third-order valence-corrected chi connectivity index (χ3v) is 5.41. The van der Waals surface area contributed by atoms with Crippen LogP contribution in [0.15, 0.2) is 68.9 Å². The van der Waals surface area contributed by atoms with Crippen molar-refractivity contribution in [2.24, 2.45) is 10.7 Å². The van der Waals surface area contributed by atoms with Gasteiger partial charge in [-0.05, 0) is 53.3 Å². The lowest BCUT2D eigenvalue weighted by atomic mass is 10.1. The van der Waals surface area contributed by atoms with Gasteiger partial charge >= 0.3 is 0 Å². The molecule has 5 nitrogen and oxygen atoms in total. The molecule has 26 heavy (non-hydrogen) atoms. The van der Waals surface area contributed by atoms with Crippen molar-refractivity contribution in [2.75, 3.05) is 0 Å². The van der Waals surface area contributed by atoms with Crippen molar-refractivity contribution in [2.45, 2.75) is 19.5 Å². The van der Waals surface area contributed by atoms with Crippen molar-refractivity contribution < 1.29 is 8.78 Å². The van der Waals surface area contributed by atoms with Crippen LogP contribution in [0.25, 0.3) is 0 Å². The number of allylic oxidation sites excluding steroid dienone is 1. The summed E-state index contributed by atoms with van der Waals surface area (Å²) in [6.07, 6.45) is 1.78. The van der Waals surface area contributed by atoms with Crippen LogP contribution in [-0.4, -0.2) is 16.8 Å². The Kier molecular flexibility index (Phi) is 5.15. The van der Waals surface area contributed by atoms with Gasteiger partial charge in [0.15, 0.2) is 17.5 Å². The Balaban J connectivity index is 1.81. The number of rotatable bonds is 5. The summed E-state index contributed by atoms with van der Waals surface area (Å²) in [7, 11) is 0. The van der Waals surface area contributed by atoms with Gasteiger partial charge in [-0.25, -0.2) is 19.2 Å². The Hall–Kier alpha value is -2.20. The second-order valence-electron chi connectivity index (χ2n) is 5.99. The smallest absolute Gasteiger partial charge is 0.159 e. The SMILES string of the molecule is C=C(N)C1=CC(C(=C)NCc2ccc(F)c(F)c2)=NC2=C(I)C(C)NN12. The van der Waals surface area contributed by atoms with Gasteiger partial charge < -0.3 is 11.1 Å². The van der Waals surface area contributed by atoms with E-state index in [9.17, 15) is 8.78 Å². The first-order valence-corrected chi connectivity index (χ1v) is 8.94. The molecule has 0 bridgehead atoms. The number of aliphatic imine (C=N–C) groups is 1. The topological polar surface area (TPSA) is 65.7 Å². The fraction of sp³-hybridized carbons (Fsp3) is 0.167. The molecule has 0 radical (unpaired) electrons. The average Bonchev–Trinajstić information content (AvgIpc) is 2.89. The summed E-state index contributed by atoms with van der Waals surface area (Å²) in [5, 5.41) is 4.89. The third kappa shape index (κ3) is 3.51. The first-order chi connectivity index (χ1) is 12.3. The second kappa shape index (κ2) is 7.20. The van der Waals surface area contributed by atoms with Crippen LogP contribution in [0.1, 0.15) is 12.5 Å². The maximum absolute atomic E-state index is 13.3. The van der Waals surface area contributed by atoms with Gasteiger partial charge in [-0.3, -0.25) is 5.01 Å². The van der Waals surface area contributed by atoms with E-state index in [0.29, 0.717) is 28.4 Å². The van der Waals surface area contributed by atoms with E-state index in [0.717, 1.165) is 21.5 Å². The van der Waals surface area contributed by atoms with Crippen molar-refractivity contribution >= 4 is 28.3 Å². The van der Waals surface area contributed by atoms with Gasteiger partial charge in [0.1, 0.15) is 0 Å². The molecule has 1 unspecified atom stereocenters. The zero-order chi connectivity index (χ0) is 19.0. The molecule has 1 atom stereocenters. The van der Waals surface area contributed by atoms with E-state index < -0.39 is 11.6 Å². The monoisotopic (exact) mass is 469 g/mol. The van der Waals surface area contributed by atoms with E-state index >= 15 is 0 Å². The summed E-state index contributed by atoms with van der Waals surface area (Å²) in [6.45, 7) is 10.1. The molecular weight excluding hydrogens is 451 g/mol. The highest BCUT2D eigenvalue weighted by Gasteiger charge is 2.32. The average molecular weight is 469 g/mol. The minimum Gasteiger partial charge on any atom is -0.397 e. The van der Waals surface area contributed by atoms with Crippen LogP contribution in [0.3, 0.4) is 0 Å². The van der Waals surface area contributed by atoms with Gasteiger partial charge in [-0.1, -0.05) is 19.2 Å². The number of benzene rings is 1. The summed E-state index contributed by atoms with van der Waals surface area (Å²) in [5.41, 5.74) is 12.0. The molecule has 3 rings (SSSR count). The molecule has 0 spiro atoms. The number of nitrogens with one attached hydrogen (secondary N) is 2. The third-order valence-electron chi connectivity index (χ3n) is 4.00. The van der Waals surface area contributed by atoms with E-state index in [1.54, 1.807) is 11.1 Å². The maximum Gasteiger partial charge on any atom is 0.159 e. The van der Waals surface area contributed by atoms with Crippen molar-refractivity contribution in [1.82, 2.24) is 15.8 Å². The Morgan fingerprint density at radius 2 is 2.12 bits per heavy atom. The quantitative estimate of drug-likeness (QED) is 0.580. The number of hydrogen-bond acceptors (Lipinski definition) is 5. The molecule has 0 aliphatic carbocycles. The van der Waals surface area contributed by atoms with Crippen LogP contribution in [0.4, 0.5) is 8.78 Å². The van der Waals surface area contributed by atoms with Gasteiger partial charge in [0.25, 0.3) is 0 Å². The van der Waals surface area contributed by atoms with Gasteiger partial charge in [0, 0.05) is 12.2 Å². The molecule has 136 valence electrons. The van der Waals surface area contributed by atoms with Gasteiger partial charge in [-0.2, -0.15) is 0 Å². The lowest BCUT2D eigenvalue weighted by Gasteiger charge is -2.28. The van der Waals surface area contributed by atoms with E-state index in [2.05, 4.69) is 51.5 Å². The summed E-state index contributed by atoms with van der Waals surface area (Å²) >= 11 is 2.24. The van der Waals surface area contributed by atoms with Crippen LogP contribution >= 0.6 is 22.6 Å². The van der Waals surface area contributed by atoms with E-state index in [1.165, 1.54) is 6.07 Å². The van der Waals surface area contributed by atoms with E-state index in [1.807, 2.05) is 6.92 Å². The standard InChI is InChI=1S/C18H18F2IN5/c1-9(22)16-7-15(24-18-17(21)11(3)25-26(16)18)10(2)23-8-12-4-5-13(19)14(20)6-12/h4-7,11,23,25H,1-2,8,22H2,3H3. The van der Waals surface area contributed by atoms with Crippen LogP contribution < -0.4 is 16.5 Å². The largest absolute Gasteiger partial charge is 0.397 e. The minimum atomic E-state index is -0.882. The molecule has 4 N–H and O–H groups in total. The predicted octanol–water partition coefficient (Wildman–Crippen LogP) is 3.19. The predicted molar refractivity (Wildman–Crippen MR) is 107 cm³/mol. The number of nitrogens with zero attached hydrogens (tertiary/aromatic N) is 2. The van der Waals surface area contributed by atoms with E-state index in [-0.39, 0.29) is 12.6 Å². The number of fused-ring (bicyclic) bond motifs is 1. The fourth-order valence-electron chi connectivity index (χ4n) is 2.58. The molecule has 8 heteroatoms. The van der Waals surface area contributed by atoms with Crippen LogP contribution in [0.5, 0.6) is 0 Å². The Bertz CT molecular complexity index is 888. The number of hydrazine groups is 1. The maximum atomic E-state index is 13.3.